The number of hydrogen-bond donors (Lipinski definition) is 2. The summed E-state index contributed by atoms with van der Waals surface area (Å²) in [6, 6.07) is 5.90. The Morgan fingerprint density at radius 2 is 2.19 bits per heavy atom. The van der Waals surface area contributed by atoms with E-state index in [-0.39, 0.29) is 0 Å². The molecule has 3 nitrogen and oxygen atoms in total. The third kappa shape index (κ3) is 3.36. The smallest absolute Gasteiger partial charge is 0.129 e. The van der Waals surface area contributed by atoms with E-state index in [4.69, 9.17) is 11.6 Å². The Kier molecular flexibility index (Phi) is 3.97. The molecule has 0 aliphatic heterocycles. The lowest BCUT2D eigenvalue weighted by Gasteiger charge is -2.03. The Bertz CT molecular complexity index is 408. The van der Waals surface area contributed by atoms with Gasteiger partial charge in [0.15, 0.2) is 0 Å². The Labute approximate surface area is 99.9 Å². The summed E-state index contributed by atoms with van der Waals surface area (Å²) in [7, 11) is 0. The second-order valence-electron chi connectivity index (χ2n) is 3.64. The van der Waals surface area contributed by atoms with Crippen molar-refractivity contribution in [3.05, 3.63) is 53.1 Å². The molecular weight excluding hydrogens is 222 g/mol. The quantitative estimate of drug-likeness (QED) is 0.617. The maximum Gasteiger partial charge on any atom is 0.129 e. The molecule has 2 heterocycles. The van der Waals surface area contributed by atoms with E-state index in [0.717, 1.165) is 19.5 Å². The number of rotatable bonds is 5. The maximum absolute atomic E-state index is 5.71. The lowest BCUT2D eigenvalue weighted by molar-refractivity contribution is 0.686. The summed E-state index contributed by atoms with van der Waals surface area (Å²) in [6.07, 6.45) is 6.71. The SMILES string of the molecule is Clc1ccc(CCNCc2cc[nH]c2)cn1. The molecule has 2 aromatic rings. The molecule has 0 unspecified atom stereocenters. The fourth-order valence-corrected chi connectivity index (χ4v) is 1.60. The fraction of sp³-hybridized carbons (Fsp3) is 0.250. The van der Waals surface area contributed by atoms with E-state index >= 15 is 0 Å². The van der Waals surface area contributed by atoms with Gasteiger partial charge >= 0.3 is 0 Å². The van der Waals surface area contributed by atoms with E-state index in [1.807, 2.05) is 30.7 Å². The van der Waals surface area contributed by atoms with Crippen LogP contribution in [0.1, 0.15) is 11.1 Å². The highest BCUT2D eigenvalue weighted by atomic mass is 35.5. The standard InChI is InChI=1S/C12H14ClN3/c13-12-2-1-10(9-16-12)3-5-14-7-11-4-6-15-8-11/h1-2,4,6,8-9,14-15H,3,5,7H2. The summed E-state index contributed by atoms with van der Waals surface area (Å²) in [6.45, 7) is 1.83. The number of aromatic nitrogens is 2. The van der Waals surface area contributed by atoms with Gasteiger partial charge in [-0.3, -0.25) is 0 Å². The minimum absolute atomic E-state index is 0.545. The van der Waals surface area contributed by atoms with Gasteiger partial charge in [0, 0.05) is 25.1 Å². The average molecular weight is 236 g/mol. The van der Waals surface area contributed by atoms with Gasteiger partial charge in [0.1, 0.15) is 5.15 Å². The molecule has 0 aliphatic rings. The predicted molar refractivity (Wildman–Crippen MR) is 65.5 cm³/mol. The van der Waals surface area contributed by atoms with Crippen molar-refractivity contribution in [3.8, 4) is 0 Å². The summed E-state index contributed by atoms with van der Waals surface area (Å²) in [4.78, 5) is 7.07. The van der Waals surface area contributed by atoms with Crippen molar-refractivity contribution in [2.24, 2.45) is 0 Å². The molecule has 2 N–H and O–H groups in total. The number of nitrogens with zero attached hydrogens (tertiary/aromatic N) is 1. The molecule has 2 aromatic heterocycles. The molecule has 0 amide bonds. The van der Waals surface area contributed by atoms with Gasteiger partial charge in [-0.15, -0.1) is 0 Å². The first-order chi connectivity index (χ1) is 7.84. The molecule has 0 atom stereocenters. The van der Waals surface area contributed by atoms with E-state index in [1.165, 1.54) is 11.1 Å². The summed E-state index contributed by atoms with van der Waals surface area (Å²) >= 11 is 5.71. The largest absolute Gasteiger partial charge is 0.367 e. The van der Waals surface area contributed by atoms with Gasteiger partial charge in [0.05, 0.1) is 0 Å². The van der Waals surface area contributed by atoms with E-state index in [0.29, 0.717) is 5.15 Å². The van der Waals surface area contributed by atoms with Crippen molar-refractivity contribution < 1.29 is 0 Å². The second kappa shape index (κ2) is 5.68. The first kappa shape index (κ1) is 11.2. The van der Waals surface area contributed by atoms with Crippen LogP contribution in [0.5, 0.6) is 0 Å². The zero-order valence-electron chi connectivity index (χ0n) is 8.91. The summed E-state index contributed by atoms with van der Waals surface area (Å²) in [5.41, 5.74) is 2.47. The first-order valence-corrected chi connectivity index (χ1v) is 5.65. The minimum Gasteiger partial charge on any atom is -0.367 e. The number of nitrogens with one attached hydrogen (secondary N) is 2. The van der Waals surface area contributed by atoms with Gasteiger partial charge in [0.25, 0.3) is 0 Å². The minimum atomic E-state index is 0.545. The van der Waals surface area contributed by atoms with Gasteiger partial charge in [-0.1, -0.05) is 17.7 Å². The Morgan fingerprint density at radius 3 is 2.88 bits per heavy atom. The molecule has 84 valence electrons. The monoisotopic (exact) mass is 235 g/mol. The number of aromatic amines is 1. The normalized spacial score (nSPS) is 10.6. The molecule has 0 bridgehead atoms. The van der Waals surface area contributed by atoms with Crippen LogP contribution in [0.4, 0.5) is 0 Å². The maximum atomic E-state index is 5.71. The van der Waals surface area contributed by atoms with E-state index in [9.17, 15) is 0 Å². The zero-order valence-corrected chi connectivity index (χ0v) is 9.67. The Balaban J connectivity index is 1.70. The number of pyridine rings is 1. The molecule has 4 heteroatoms. The molecule has 0 spiro atoms. The van der Waals surface area contributed by atoms with Crippen LogP contribution in [-0.2, 0) is 13.0 Å². The highest BCUT2D eigenvalue weighted by Gasteiger charge is 1.95. The number of hydrogen-bond acceptors (Lipinski definition) is 2. The molecule has 0 saturated carbocycles. The number of H-pyrrole nitrogens is 1. The molecule has 0 fully saturated rings. The third-order valence-electron chi connectivity index (χ3n) is 2.37. The topological polar surface area (TPSA) is 40.7 Å². The molecular formula is C12H14ClN3. The molecule has 0 aromatic carbocycles. The van der Waals surface area contributed by atoms with Gasteiger partial charge in [-0.05, 0) is 36.2 Å². The lowest BCUT2D eigenvalue weighted by atomic mass is 10.2. The van der Waals surface area contributed by atoms with E-state index < -0.39 is 0 Å². The van der Waals surface area contributed by atoms with Crippen molar-refractivity contribution in [3.63, 3.8) is 0 Å². The molecule has 0 aliphatic carbocycles. The summed E-state index contributed by atoms with van der Waals surface area (Å²) < 4.78 is 0. The fourth-order valence-electron chi connectivity index (χ4n) is 1.49. The van der Waals surface area contributed by atoms with Crippen LogP contribution in [0.3, 0.4) is 0 Å². The second-order valence-corrected chi connectivity index (χ2v) is 4.02. The Morgan fingerprint density at radius 1 is 1.25 bits per heavy atom. The predicted octanol–water partition coefficient (Wildman–Crippen LogP) is 2.40. The van der Waals surface area contributed by atoms with Crippen molar-refractivity contribution in [2.45, 2.75) is 13.0 Å². The van der Waals surface area contributed by atoms with Gasteiger partial charge < -0.3 is 10.3 Å². The van der Waals surface area contributed by atoms with Crippen LogP contribution in [0, 0.1) is 0 Å². The first-order valence-electron chi connectivity index (χ1n) is 5.27. The van der Waals surface area contributed by atoms with Gasteiger partial charge in [-0.2, -0.15) is 0 Å². The van der Waals surface area contributed by atoms with Gasteiger partial charge in [0.2, 0.25) is 0 Å². The van der Waals surface area contributed by atoms with E-state index in [2.05, 4.69) is 21.4 Å². The van der Waals surface area contributed by atoms with Crippen molar-refractivity contribution >= 4 is 11.6 Å². The highest BCUT2D eigenvalue weighted by molar-refractivity contribution is 6.29. The average Bonchev–Trinajstić information content (AvgIpc) is 2.80. The molecule has 16 heavy (non-hydrogen) atoms. The van der Waals surface area contributed by atoms with E-state index in [1.54, 1.807) is 0 Å². The van der Waals surface area contributed by atoms with Gasteiger partial charge in [-0.25, -0.2) is 4.98 Å². The van der Waals surface area contributed by atoms with Crippen LogP contribution < -0.4 is 5.32 Å². The van der Waals surface area contributed by atoms with Crippen LogP contribution in [0.25, 0.3) is 0 Å². The highest BCUT2D eigenvalue weighted by Crippen LogP contribution is 2.05. The number of halogens is 1. The van der Waals surface area contributed by atoms with Crippen LogP contribution in [0.2, 0.25) is 5.15 Å². The summed E-state index contributed by atoms with van der Waals surface area (Å²) in [5, 5.41) is 3.92. The Hall–Kier alpha value is -1.32. The van der Waals surface area contributed by atoms with Crippen molar-refractivity contribution in [1.82, 2.24) is 15.3 Å². The van der Waals surface area contributed by atoms with Crippen LogP contribution >= 0.6 is 11.6 Å². The lowest BCUT2D eigenvalue weighted by Crippen LogP contribution is -2.16. The van der Waals surface area contributed by atoms with Crippen LogP contribution in [-0.4, -0.2) is 16.5 Å². The third-order valence-corrected chi connectivity index (χ3v) is 2.59. The van der Waals surface area contributed by atoms with Crippen molar-refractivity contribution in [1.29, 1.82) is 0 Å². The molecule has 0 radical (unpaired) electrons. The molecule has 2 rings (SSSR count). The zero-order chi connectivity index (χ0) is 11.2. The van der Waals surface area contributed by atoms with Crippen LogP contribution in [0.15, 0.2) is 36.8 Å². The summed E-state index contributed by atoms with van der Waals surface area (Å²) in [5.74, 6) is 0. The van der Waals surface area contributed by atoms with Crippen molar-refractivity contribution in [2.75, 3.05) is 6.54 Å². The molecule has 0 saturated heterocycles.